The van der Waals surface area contributed by atoms with E-state index >= 15 is 0 Å². The molecular formula is C18H16INO5. The van der Waals surface area contributed by atoms with E-state index in [1.165, 1.54) is 31.4 Å². The summed E-state index contributed by atoms with van der Waals surface area (Å²) < 4.78 is 5.65. The molecule has 0 saturated heterocycles. The van der Waals surface area contributed by atoms with Crippen molar-refractivity contribution in [3.05, 3.63) is 68.8 Å². The number of esters is 1. The maximum absolute atomic E-state index is 12.3. The van der Waals surface area contributed by atoms with Crippen LogP contribution in [0.2, 0.25) is 0 Å². The van der Waals surface area contributed by atoms with E-state index in [2.05, 4.69) is 32.6 Å². The van der Waals surface area contributed by atoms with Crippen molar-refractivity contribution < 1.29 is 24.2 Å². The number of hydrogen-bond acceptors (Lipinski definition) is 4. The Kier molecular flexibility index (Phi) is 6.51. The van der Waals surface area contributed by atoms with Crippen LogP contribution in [-0.2, 0) is 16.0 Å². The number of benzene rings is 2. The number of rotatable bonds is 6. The molecule has 0 spiro atoms. The van der Waals surface area contributed by atoms with E-state index in [-0.39, 0.29) is 17.5 Å². The third kappa shape index (κ3) is 5.28. The normalized spacial score (nSPS) is 11.4. The molecule has 2 rings (SSSR count). The lowest BCUT2D eigenvalue weighted by molar-refractivity contribution is -0.139. The third-order valence-corrected chi connectivity index (χ3v) is 4.22. The van der Waals surface area contributed by atoms with E-state index in [0.717, 1.165) is 9.13 Å². The predicted octanol–water partition coefficient (Wildman–Crippen LogP) is 2.50. The van der Waals surface area contributed by atoms with Gasteiger partial charge in [0.1, 0.15) is 6.04 Å². The molecule has 0 aliphatic carbocycles. The summed E-state index contributed by atoms with van der Waals surface area (Å²) in [6.45, 7) is 0. The van der Waals surface area contributed by atoms with E-state index in [1.54, 1.807) is 0 Å². The Morgan fingerprint density at radius 3 is 2.36 bits per heavy atom. The third-order valence-electron chi connectivity index (χ3n) is 3.50. The SMILES string of the molecule is COC(=O)c1cccc(C(=O)N[C@H](Cc2ccc(I)cc2)C(=O)O)c1. The molecule has 2 aromatic rings. The highest BCUT2D eigenvalue weighted by atomic mass is 127. The molecule has 0 radical (unpaired) electrons. The van der Waals surface area contributed by atoms with Gasteiger partial charge in [-0.25, -0.2) is 9.59 Å². The van der Waals surface area contributed by atoms with Crippen molar-refractivity contribution in [1.82, 2.24) is 5.32 Å². The number of carboxylic acids is 1. The van der Waals surface area contributed by atoms with E-state index < -0.39 is 23.9 Å². The van der Waals surface area contributed by atoms with Gasteiger partial charge >= 0.3 is 11.9 Å². The lowest BCUT2D eigenvalue weighted by Crippen LogP contribution is -2.42. The summed E-state index contributed by atoms with van der Waals surface area (Å²) in [5.74, 6) is -2.26. The van der Waals surface area contributed by atoms with Gasteiger partial charge in [-0.1, -0.05) is 18.2 Å². The summed E-state index contributed by atoms with van der Waals surface area (Å²) in [6, 6.07) is 12.2. The van der Waals surface area contributed by atoms with Crippen molar-refractivity contribution in [1.29, 1.82) is 0 Å². The molecule has 0 bridgehead atoms. The van der Waals surface area contributed by atoms with E-state index in [0.29, 0.717) is 0 Å². The predicted molar refractivity (Wildman–Crippen MR) is 99.5 cm³/mol. The van der Waals surface area contributed by atoms with Crippen LogP contribution in [0.3, 0.4) is 0 Å². The van der Waals surface area contributed by atoms with Gasteiger partial charge in [-0.15, -0.1) is 0 Å². The first-order valence-electron chi connectivity index (χ1n) is 7.37. The van der Waals surface area contributed by atoms with Crippen LogP contribution in [0, 0.1) is 3.57 Å². The summed E-state index contributed by atoms with van der Waals surface area (Å²) >= 11 is 2.16. The number of nitrogens with one attached hydrogen (secondary N) is 1. The average Bonchev–Trinajstić information content (AvgIpc) is 2.62. The highest BCUT2D eigenvalue weighted by Crippen LogP contribution is 2.11. The van der Waals surface area contributed by atoms with Crippen molar-refractivity contribution in [3.8, 4) is 0 Å². The Labute approximate surface area is 158 Å². The summed E-state index contributed by atoms with van der Waals surface area (Å²) in [4.78, 5) is 35.3. The van der Waals surface area contributed by atoms with Crippen LogP contribution in [0.25, 0.3) is 0 Å². The fourth-order valence-electron chi connectivity index (χ4n) is 2.20. The van der Waals surface area contributed by atoms with Crippen molar-refractivity contribution in [2.24, 2.45) is 0 Å². The highest BCUT2D eigenvalue weighted by Gasteiger charge is 2.21. The molecule has 0 aliphatic heterocycles. The Balaban J connectivity index is 2.13. The van der Waals surface area contributed by atoms with Gasteiger partial charge in [-0.05, 0) is 58.5 Å². The number of ether oxygens (including phenoxy) is 1. The van der Waals surface area contributed by atoms with Crippen LogP contribution in [0.1, 0.15) is 26.3 Å². The largest absolute Gasteiger partial charge is 0.480 e. The van der Waals surface area contributed by atoms with Crippen LogP contribution < -0.4 is 5.32 Å². The van der Waals surface area contributed by atoms with Crippen molar-refractivity contribution >= 4 is 40.4 Å². The van der Waals surface area contributed by atoms with Gasteiger partial charge in [0.25, 0.3) is 5.91 Å². The number of amides is 1. The number of carbonyl (C=O) groups is 3. The number of aliphatic carboxylic acids is 1. The topological polar surface area (TPSA) is 92.7 Å². The quantitative estimate of drug-likeness (QED) is 0.518. The van der Waals surface area contributed by atoms with Crippen molar-refractivity contribution in [2.75, 3.05) is 7.11 Å². The second-order valence-corrected chi connectivity index (χ2v) is 6.51. The Bertz CT molecular complexity index is 788. The van der Waals surface area contributed by atoms with Gasteiger partial charge < -0.3 is 15.2 Å². The molecule has 7 heteroatoms. The van der Waals surface area contributed by atoms with Crippen LogP contribution in [0.15, 0.2) is 48.5 Å². The molecule has 2 aromatic carbocycles. The van der Waals surface area contributed by atoms with E-state index in [4.69, 9.17) is 0 Å². The van der Waals surface area contributed by atoms with Crippen molar-refractivity contribution in [3.63, 3.8) is 0 Å². The molecule has 130 valence electrons. The second-order valence-electron chi connectivity index (χ2n) is 5.27. The maximum Gasteiger partial charge on any atom is 0.337 e. The second kappa shape index (κ2) is 8.61. The minimum absolute atomic E-state index is 0.161. The monoisotopic (exact) mass is 453 g/mol. The molecule has 0 saturated carbocycles. The van der Waals surface area contributed by atoms with Crippen LogP contribution in [-0.4, -0.2) is 36.1 Å². The zero-order valence-corrected chi connectivity index (χ0v) is 15.5. The number of methoxy groups -OCH3 is 1. The summed E-state index contributed by atoms with van der Waals surface area (Å²) in [5, 5.41) is 11.9. The molecule has 0 aliphatic rings. The average molecular weight is 453 g/mol. The lowest BCUT2D eigenvalue weighted by atomic mass is 10.0. The molecule has 6 nitrogen and oxygen atoms in total. The summed E-state index contributed by atoms with van der Waals surface area (Å²) in [5.41, 5.74) is 1.22. The summed E-state index contributed by atoms with van der Waals surface area (Å²) in [6.07, 6.45) is 0.161. The smallest absolute Gasteiger partial charge is 0.337 e. The highest BCUT2D eigenvalue weighted by molar-refractivity contribution is 14.1. The minimum Gasteiger partial charge on any atom is -0.480 e. The first-order valence-corrected chi connectivity index (χ1v) is 8.45. The molecule has 0 unspecified atom stereocenters. The summed E-state index contributed by atoms with van der Waals surface area (Å²) in [7, 11) is 1.25. The van der Waals surface area contributed by atoms with Gasteiger partial charge in [0, 0.05) is 15.6 Å². The molecule has 0 aromatic heterocycles. The first-order chi connectivity index (χ1) is 11.9. The zero-order chi connectivity index (χ0) is 18.4. The van der Waals surface area contributed by atoms with Gasteiger partial charge in [0.05, 0.1) is 12.7 Å². The number of hydrogen-bond donors (Lipinski definition) is 2. The molecule has 1 amide bonds. The van der Waals surface area contributed by atoms with E-state index in [9.17, 15) is 19.5 Å². The lowest BCUT2D eigenvalue weighted by Gasteiger charge is -2.15. The molecule has 2 N–H and O–H groups in total. The molecule has 25 heavy (non-hydrogen) atoms. The van der Waals surface area contributed by atoms with Crippen molar-refractivity contribution in [2.45, 2.75) is 12.5 Å². The Morgan fingerprint density at radius 2 is 1.76 bits per heavy atom. The number of carboxylic acid groups (broad SMARTS) is 1. The number of halogens is 1. The minimum atomic E-state index is -1.13. The van der Waals surface area contributed by atoms with Crippen LogP contribution in [0.5, 0.6) is 0 Å². The molecule has 0 fully saturated rings. The Hall–Kier alpha value is -2.42. The van der Waals surface area contributed by atoms with Crippen LogP contribution in [0.4, 0.5) is 0 Å². The molecule has 0 heterocycles. The van der Waals surface area contributed by atoms with E-state index in [1.807, 2.05) is 24.3 Å². The molecular weight excluding hydrogens is 437 g/mol. The Morgan fingerprint density at radius 1 is 1.12 bits per heavy atom. The fraction of sp³-hybridized carbons (Fsp3) is 0.167. The first kappa shape index (κ1) is 18.9. The zero-order valence-electron chi connectivity index (χ0n) is 13.4. The maximum atomic E-state index is 12.3. The standard InChI is InChI=1S/C18H16INO5/c1-25-18(24)13-4-2-3-12(10-13)16(21)20-15(17(22)23)9-11-5-7-14(19)8-6-11/h2-8,10,15H,9H2,1H3,(H,20,21)(H,22,23)/t15-/m1/s1. The molecule has 1 atom stereocenters. The number of carbonyl (C=O) groups excluding carboxylic acids is 2. The van der Waals surface area contributed by atoms with Gasteiger partial charge in [-0.3, -0.25) is 4.79 Å². The van der Waals surface area contributed by atoms with Gasteiger partial charge in [-0.2, -0.15) is 0 Å². The van der Waals surface area contributed by atoms with Gasteiger partial charge in [0.15, 0.2) is 0 Å². The van der Waals surface area contributed by atoms with Gasteiger partial charge in [0.2, 0.25) is 0 Å². The fourth-order valence-corrected chi connectivity index (χ4v) is 2.56. The van der Waals surface area contributed by atoms with Crippen LogP contribution >= 0.6 is 22.6 Å².